The molecule has 2 heterocycles. The lowest BCUT2D eigenvalue weighted by Crippen LogP contribution is -2.37. The summed E-state index contributed by atoms with van der Waals surface area (Å²) in [5.74, 6) is 0.495. The fraction of sp³-hybridized carbons (Fsp3) is 0.500. The van der Waals surface area contributed by atoms with Crippen LogP contribution in [0, 0.1) is 5.41 Å². The summed E-state index contributed by atoms with van der Waals surface area (Å²) in [6.07, 6.45) is -0.468. The van der Waals surface area contributed by atoms with Gasteiger partial charge in [-0.25, -0.2) is 9.78 Å². The molecule has 3 aromatic rings. The highest BCUT2D eigenvalue weighted by atomic mass is 16.6. The van der Waals surface area contributed by atoms with E-state index in [4.69, 9.17) is 10.1 Å². The predicted molar refractivity (Wildman–Crippen MR) is 117 cm³/mol. The van der Waals surface area contributed by atoms with Gasteiger partial charge in [0.25, 0.3) is 0 Å². The Morgan fingerprint density at radius 1 is 1.23 bits per heavy atom. The summed E-state index contributed by atoms with van der Waals surface area (Å²) in [5, 5.41) is 30.2. The number of ether oxygens (including phenoxy) is 1. The Bertz CT molecular complexity index is 1180. The van der Waals surface area contributed by atoms with Gasteiger partial charge in [0.2, 0.25) is 0 Å². The van der Waals surface area contributed by atoms with Gasteiger partial charge in [-0.2, -0.15) is 4.73 Å². The first-order valence-corrected chi connectivity index (χ1v) is 10.3. The van der Waals surface area contributed by atoms with Crippen LogP contribution in [0.15, 0.2) is 24.3 Å². The molecule has 9 nitrogen and oxygen atoms in total. The largest absolute Gasteiger partial charge is 0.444 e. The number of benzene rings is 1. The molecule has 0 aliphatic carbocycles. The predicted octanol–water partition coefficient (Wildman–Crippen LogP) is 3.24. The molecule has 1 aromatic carbocycles. The Kier molecular flexibility index (Phi) is 5.75. The number of fused-ring (bicyclic) bond motifs is 3. The van der Waals surface area contributed by atoms with E-state index in [1.54, 1.807) is 46.8 Å². The second-order valence-corrected chi connectivity index (χ2v) is 9.30. The van der Waals surface area contributed by atoms with E-state index >= 15 is 0 Å². The molecule has 3 rings (SSSR count). The van der Waals surface area contributed by atoms with Gasteiger partial charge in [-0.05, 0) is 47.6 Å². The van der Waals surface area contributed by atoms with Crippen molar-refractivity contribution in [2.75, 3.05) is 6.54 Å². The van der Waals surface area contributed by atoms with Crippen LogP contribution in [0.2, 0.25) is 0 Å². The number of amides is 1. The molecule has 31 heavy (non-hydrogen) atoms. The summed E-state index contributed by atoms with van der Waals surface area (Å²) in [4.78, 5) is 18.8. The van der Waals surface area contributed by atoms with Gasteiger partial charge in [-0.15, -0.1) is 0 Å². The highest BCUT2D eigenvalue weighted by molar-refractivity contribution is 6.02. The number of carbonyl (C=O) groups excluding carboxylic acids is 1. The molecule has 1 amide bonds. The zero-order valence-corrected chi connectivity index (χ0v) is 18.9. The van der Waals surface area contributed by atoms with Crippen molar-refractivity contribution in [3.63, 3.8) is 0 Å². The average molecular weight is 430 g/mol. The standard InChI is InChI=1S/C22H31N5O4/c1-7-25(20(28)31-21(2,3)4)12-16-24-17-18(26(16)13-22(5,6)29)14-10-8-9-11-15(14)27(30)19(17)23/h8-11,23,29-30H,7,12-13H2,1-6H3. The third kappa shape index (κ3) is 4.66. The Morgan fingerprint density at radius 3 is 2.45 bits per heavy atom. The molecule has 0 aliphatic heterocycles. The monoisotopic (exact) mass is 429 g/mol. The minimum Gasteiger partial charge on any atom is -0.444 e. The minimum atomic E-state index is -1.07. The van der Waals surface area contributed by atoms with E-state index in [-0.39, 0.29) is 18.6 Å². The molecule has 0 radical (unpaired) electrons. The van der Waals surface area contributed by atoms with Crippen molar-refractivity contribution in [3.05, 3.63) is 35.6 Å². The summed E-state index contributed by atoms with van der Waals surface area (Å²) < 4.78 is 8.13. The number of rotatable bonds is 5. The number of aromatic nitrogens is 3. The van der Waals surface area contributed by atoms with Crippen molar-refractivity contribution in [1.82, 2.24) is 19.2 Å². The maximum Gasteiger partial charge on any atom is 0.410 e. The molecule has 168 valence electrons. The third-order valence-electron chi connectivity index (χ3n) is 4.78. The number of hydrogen-bond donors (Lipinski definition) is 3. The number of para-hydroxylation sites is 1. The molecule has 0 spiro atoms. The van der Waals surface area contributed by atoms with Crippen molar-refractivity contribution >= 4 is 28.0 Å². The molecule has 3 N–H and O–H groups in total. The Balaban J connectivity index is 2.22. The van der Waals surface area contributed by atoms with Crippen LogP contribution < -0.4 is 5.49 Å². The fourth-order valence-electron chi connectivity index (χ4n) is 3.50. The van der Waals surface area contributed by atoms with Gasteiger partial charge in [0.15, 0.2) is 5.49 Å². The first-order chi connectivity index (χ1) is 14.3. The van der Waals surface area contributed by atoms with Gasteiger partial charge in [-0.3, -0.25) is 5.41 Å². The Morgan fingerprint density at radius 2 is 1.87 bits per heavy atom. The molecule has 0 saturated carbocycles. The molecule has 0 atom stereocenters. The van der Waals surface area contributed by atoms with Crippen molar-refractivity contribution in [3.8, 4) is 0 Å². The van der Waals surface area contributed by atoms with E-state index < -0.39 is 17.3 Å². The van der Waals surface area contributed by atoms with Crippen LogP contribution in [0.3, 0.4) is 0 Å². The van der Waals surface area contributed by atoms with Crippen LogP contribution >= 0.6 is 0 Å². The van der Waals surface area contributed by atoms with Crippen LogP contribution in [0.4, 0.5) is 4.79 Å². The van der Waals surface area contributed by atoms with Gasteiger partial charge in [0, 0.05) is 11.9 Å². The molecule has 9 heteroatoms. The maximum atomic E-state index is 12.7. The number of hydrogen-bond acceptors (Lipinski definition) is 6. The zero-order valence-electron chi connectivity index (χ0n) is 18.9. The number of carbonyl (C=O) groups is 1. The maximum absolute atomic E-state index is 12.7. The molecule has 0 aliphatic rings. The molecule has 0 unspecified atom stereocenters. The molecule has 0 fully saturated rings. The Labute approximate surface area is 181 Å². The number of nitrogens with zero attached hydrogens (tertiary/aromatic N) is 4. The van der Waals surface area contributed by atoms with Crippen molar-refractivity contribution < 1.29 is 19.8 Å². The summed E-state index contributed by atoms with van der Waals surface area (Å²) in [6.45, 7) is 11.4. The summed E-state index contributed by atoms with van der Waals surface area (Å²) in [6, 6.07) is 7.17. The summed E-state index contributed by atoms with van der Waals surface area (Å²) >= 11 is 0. The SMILES string of the molecule is CCN(Cc1nc2c(=N)n(O)c3ccccc3c2n1CC(C)(C)O)C(=O)OC(C)(C)C. The fourth-order valence-corrected chi connectivity index (χ4v) is 3.50. The van der Waals surface area contributed by atoms with Gasteiger partial charge in [0.05, 0.1) is 29.7 Å². The topological polar surface area (TPSA) is 117 Å². The normalized spacial score (nSPS) is 12.5. The van der Waals surface area contributed by atoms with E-state index in [2.05, 4.69) is 4.98 Å². The highest BCUT2D eigenvalue weighted by Gasteiger charge is 2.26. The second kappa shape index (κ2) is 7.88. The lowest BCUT2D eigenvalue weighted by Gasteiger charge is -2.27. The van der Waals surface area contributed by atoms with E-state index in [1.165, 1.54) is 4.90 Å². The third-order valence-corrected chi connectivity index (χ3v) is 4.78. The van der Waals surface area contributed by atoms with Gasteiger partial charge < -0.3 is 24.5 Å². The number of pyridine rings is 1. The van der Waals surface area contributed by atoms with Gasteiger partial charge >= 0.3 is 6.09 Å². The smallest absolute Gasteiger partial charge is 0.410 e. The molecule has 2 aromatic heterocycles. The van der Waals surface area contributed by atoms with E-state index in [9.17, 15) is 15.1 Å². The average Bonchev–Trinajstić information content (AvgIpc) is 2.99. The second-order valence-electron chi connectivity index (χ2n) is 9.30. The van der Waals surface area contributed by atoms with Crippen LogP contribution in [-0.4, -0.2) is 53.3 Å². The quantitative estimate of drug-likeness (QED) is 0.539. The zero-order chi connectivity index (χ0) is 23.1. The van der Waals surface area contributed by atoms with Crippen molar-refractivity contribution in [2.45, 2.75) is 65.8 Å². The van der Waals surface area contributed by atoms with Crippen LogP contribution in [-0.2, 0) is 17.8 Å². The Hall–Kier alpha value is -3.07. The summed E-state index contributed by atoms with van der Waals surface area (Å²) in [5.41, 5.74) is -0.485. The minimum absolute atomic E-state index is 0.134. The number of aliphatic hydroxyl groups is 1. The van der Waals surface area contributed by atoms with Crippen LogP contribution in [0.25, 0.3) is 21.9 Å². The van der Waals surface area contributed by atoms with E-state index in [1.807, 2.05) is 23.6 Å². The number of nitrogens with one attached hydrogen (secondary N) is 1. The molecule has 0 bridgehead atoms. The van der Waals surface area contributed by atoms with Gasteiger partial charge in [0.1, 0.15) is 16.9 Å². The van der Waals surface area contributed by atoms with Crippen molar-refractivity contribution in [1.29, 1.82) is 5.41 Å². The van der Waals surface area contributed by atoms with Crippen LogP contribution in [0.5, 0.6) is 0 Å². The van der Waals surface area contributed by atoms with E-state index in [0.29, 0.717) is 34.3 Å². The van der Waals surface area contributed by atoms with Gasteiger partial charge in [-0.1, -0.05) is 18.2 Å². The van der Waals surface area contributed by atoms with E-state index in [0.717, 1.165) is 4.73 Å². The molecular weight excluding hydrogens is 398 g/mol. The highest BCUT2D eigenvalue weighted by Crippen LogP contribution is 2.26. The van der Waals surface area contributed by atoms with Crippen LogP contribution in [0.1, 0.15) is 47.4 Å². The lowest BCUT2D eigenvalue weighted by atomic mass is 10.1. The summed E-state index contributed by atoms with van der Waals surface area (Å²) in [7, 11) is 0. The first-order valence-electron chi connectivity index (χ1n) is 10.3. The first kappa shape index (κ1) is 22.6. The van der Waals surface area contributed by atoms with Crippen molar-refractivity contribution in [2.24, 2.45) is 0 Å². The number of imidazole rings is 1. The molecular formula is C22H31N5O4. The lowest BCUT2D eigenvalue weighted by molar-refractivity contribution is 0.0234. The molecule has 0 saturated heterocycles.